The average molecular weight is 423 g/mol. The maximum atomic E-state index is 14.7. The van der Waals surface area contributed by atoms with E-state index in [4.69, 9.17) is 5.11 Å². The first-order valence-corrected chi connectivity index (χ1v) is 9.26. The van der Waals surface area contributed by atoms with Crippen LogP contribution in [-0.2, 0) is 11.3 Å². The number of benzene rings is 1. The highest BCUT2D eigenvalue weighted by molar-refractivity contribution is 7.78. The summed E-state index contributed by atoms with van der Waals surface area (Å²) in [6.45, 7) is -0.0608. The van der Waals surface area contributed by atoms with Gasteiger partial charge in [-0.25, -0.2) is 13.5 Å². The molecule has 1 aliphatic rings. The monoisotopic (exact) mass is 423 g/mol. The Balaban J connectivity index is 1.80. The van der Waals surface area contributed by atoms with Gasteiger partial charge in [0.05, 0.1) is 30.5 Å². The molecule has 0 bridgehead atoms. The molecular formula is C18H19F2N5O3S. The highest BCUT2D eigenvalue weighted by Gasteiger charge is 2.25. The molecule has 0 saturated carbocycles. The van der Waals surface area contributed by atoms with Gasteiger partial charge in [0.15, 0.2) is 6.10 Å². The summed E-state index contributed by atoms with van der Waals surface area (Å²) in [5.41, 5.74) is 2.35. The Bertz CT molecular complexity index is 926. The van der Waals surface area contributed by atoms with Crippen molar-refractivity contribution < 1.29 is 23.8 Å². The van der Waals surface area contributed by atoms with Gasteiger partial charge in [0.2, 0.25) is 0 Å². The molecule has 1 aliphatic heterocycles. The second kappa shape index (κ2) is 9.16. The number of amides is 1. The number of carbonyl (C=O) groups is 1. The third-order valence-corrected chi connectivity index (χ3v) is 4.67. The summed E-state index contributed by atoms with van der Waals surface area (Å²) >= 11 is 4.66. The minimum Gasteiger partial charge on any atom is -0.393 e. The Morgan fingerprint density at radius 1 is 1.38 bits per heavy atom. The Kier molecular flexibility index (Phi) is 6.62. The lowest BCUT2D eigenvalue weighted by atomic mass is 9.97. The van der Waals surface area contributed by atoms with E-state index in [0.717, 1.165) is 12.1 Å². The predicted octanol–water partition coefficient (Wildman–Crippen LogP) is 0.561. The van der Waals surface area contributed by atoms with Gasteiger partial charge < -0.3 is 20.4 Å². The number of aromatic nitrogens is 3. The minimum atomic E-state index is -1.50. The van der Waals surface area contributed by atoms with Gasteiger partial charge in [-0.3, -0.25) is 4.79 Å². The van der Waals surface area contributed by atoms with Gasteiger partial charge in [-0.15, -0.1) is 5.10 Å². The zero-order valence-corrected chi connectivity index (χ0v) is 16.1. The number of thiocarbonyl (C=S) groups is 1. The van der Waals surface area contributed by atoms with Gasteiger partial charge in [-0.1, -0.05) is 23.5 Å². The predicted molar refractivity (Wildman–Crippen MR) is 104 cm³/mol. The second-order valence-electron chi connectivity index (χ2n) is 6.40. The summed E-state index contributed by atoms with van der Waals surface area (Å²) in [6, 6.07) is 2.33. The Morgan fingerprint density at radius 2 is 2.10 bits per heavy atom. The Morgan fingerprint density at radius 3 is 2.69 bits per heavy atom. The number of nitrogens with one attached hydrogen (secondary N) is 1. The number of aliphatic hydroxyl groups excluding tert-OH is 2. The molecule has 0 aliphatic carbocycles. The summed E-state index contributed by atoms with van der Waals surface area (Å²) in [5.74, 6) is -2.13. The van der Waals surface area contributed by atoms with Crippen LogP contribution >= 0.6 is 12.2 Å². The highest BCUT2D eigenvalue weighted by Crippen LogP contribution is 2.29. The summed E-state index contributed by atoms with van der Waals surface area (Å²) in [6.07, 6.45) is 1.80. The molecule has 29 heavy (non-hydrogen) atoms. The molecule has 1 aromatic carbocycles. The molecule has 154 valence electrons. The van der Waals surface area contributed by atoms with Gasteiger partial charge in [0.1, 0.15) is 17.3 Å². The number of aliphatic hydroxyl groups is 2. The average Bonchev–Trinajstić information content (AvgIpc) is 3.20. The highest BCUT2D eigenvalue weighted by atomic mass is 32.1. The Hall–Kier alpha value is -2.76. The standard InChI is InChI=1S/C18H19F2N5O3S/c19-14-5-13(25-8-12(22-23-25)7-21-10-29)6-15(20)17(14)11-1-3-24(4-2-11)18(28)16(27)9-26/h1,5-6,8,10,16,26-27H,2-4,7,9H2,(H,21,29). The lowest BCUT2D eigenvalue weighted by Gasteiger charge is -2.28. The molecule has 1 aromatic heterocycles. The topological polar surface area (TPSA) is 104 Å². The normalized spacial score (nSPS) is 15.0. The number of rotatable bonds is 7. The lowest BCUT2D eigenvalue weighted by molar-refractivity contribution is -0.141. The molecule has 1 atom stereocenters. The van der Waals surface area contributed by atoms with Crippen molar-refractivity contribution in [2.24, 2.45) is 0 Å². The van der Waals surface area contributed by atoms with E-state index >= 15 is 0 Å². The third-order valence-electron chi connectivity index (χ3n) is 4.50. The van der Waals surface area contributed by atoms with Crippen LogP contribution in [0, 0.1) is 11.6 Å². The zero-order chi connectivity index (χ0) is 21.0. The number of hydrogen-bond acceptors (Lipinski definition) is 6. The summed E-state index contributed by atoms with van der Waals surface area (Å²) in [5, 5.41) is 28.8. The largest absolute Gasteiger partial charge is 0.393 e. The van der Waals surface area contributed by atoms with Crippen molar-refractivity contribution in [3.05, 3.63) is 47.3 Å². The van der Waals surface area contributed by atoms with Gasteiger partial charge in [0.25, 0.3) is 5.91 Å². The van der Waals surface area contributed by atoms with Gasteiger partial charge in [0, 0.05) is 30.8 Å². The van der Waals surface area contributed by atoms with E-state index in [9.17, 15) is 18.7 Å². The van der Waals surface area contributed by atoms with Crippen molar-refractivity contribution in [1.82, 2.24) is 25.2 Å². The van der Waals surface area contributed by atoms with Crippen molar-refractivity contribution in [3.63, 3.8) is 0 Å². The van der Waals surface area contributed by atoms with Gasteiger partial charge in [-0.2, -0.15) is 0 Å². The van der Waals surface area contributed by atoms with Gasteiger partial charge >= 0.3 is 0 Å². The lowest BCUT2D eigenvalue weighted by Crippen LogP contribution is -2.42. The number of halogens is 2. The molecule has 0 fully saturated rings. The molecule has 1 unspecified atom stereocenters. The van der Waals surface area contributed by atoms with Crippen LogP contribution in [0.1, 0.15) is 17.7 Å². The van der Waals surface area contributed by atoms with Crippen LogP contribution in [0.2, 0.25) is 0 Å². The van der Waals surface area contributed by atoms with Crippen molar-refractivity contribution in [3.8, 4) is 5.69 Å². The van der Waals surface area contributed by atoms with Crippen LogP contribution < -0.4 is 5.32 Å². The van der Waals surface area contributed by atoms with E-state index in [2.05, 4.69) is 27.8 Å². The van der Waals surface area contributed by atoms with Crippen molar-refractivity contribution in [2.75, 3.05) is 19.7 Å². The first-order chi connectivity index (χ1) is 13.9. The molecule has 1 amide bonds. The van der Waals surface area contributed by atoms with Crippen LogP contribution in [0.4, 0.5) is 8.78 Å². The van der Waals surface area contributed by atoms with E-state index in [-0.39, 0.29) is 30.8 Å². The molecule has 0 spiro atoms. The quantitative estimate of drug-likeness (QED) is 0.559. The fraction of sp³-hybridized carbons (Fsp3) is 0.333. The molecule has 2 aromatic rings. The number of hydrogen-bond donors (Lipinski definition) is 3. The van der Waals surface area contributed by atoms with Crippen molar-refractivity contribution in [1.29, 1.82) is 0 Å². The number of carbonyl (C=O) groups excluding carboxylic acids is 1. The molecule has 3 rings (SSSR count). The molecule has 0 radical (unpaired) electrons. The smallest absolute Gasteiger partial charge is 0.254 e. The molecule has 3 N–H and O–H groups in total. The van der Waals surface area contributed by atoms with E-state index in [0.29, 0.717) is 17.8 Å². The maximum Gasteiger partial charge on any atom is 0.254 e. The first kappa shape index (κ1) is 21.0. The van der Waals surface area contributed by atoms with Crippen LogP contribution in [-0.4, -0.2) is 67.3 Å². The molecule has 11 heteroatoms. The zero-order valence-electron chi connectivity index (χ0n) is 15.3. The minimum absolute atomic E-state index is 0.0885. The summed E-state index contributed by atoms with van der Waals surface area (Å²) in [4.78, 5) is 13.2. The van der Waals surface area contributed by atoms with Crippen LogP contribution in [0.15, 0.2) is 24.4 Å². The second-order valence-corrected chi connectivity index (χ2v) is 6.64. The van der Waals surface area contributed by atoms with E-state index < -0.39 is 30.3 Å². The van der Waals surface area contributed by atoms with Crippen LogP contribution in [0.3, 0.4) is 0 Å². The van der Waals surface area contributed by atoms with Crippen molar-refractivity contribution >= 4 is 29.2 Å². The van der Waals surface area contributed by atoms with Crippen LogP contribution in [0.5, 0.6) is 0 Å². The maximum absolute atomic E-state index is 14.7. The molecular weight excluding hydrogens is 404 g/mol. The van der Waals surface area contributed by atoms with Crippen LogP contribution in [0.25, 0.3) is 11.3 Å². The molecule has 2 heterocycles. The van der Waals surface area contributed by atoms with Gasteiger partial charge in [-0.05, 0) is 12.0 Å². The number of nitrogens with zero attached hydrogens (tertiary/aromatic N) is 4. The third kappa shape index (κ3) is 4.63. The van der Waals surface area contributed by atoms with E-state index in [1.807, 2.05) is 0 Å². The summed E-state index contributed by atoms with van der Waals surface area (Å²) < 4.78 is 30.7. The fourth-order valence-corrected chi connectivity index (χ4v) is 3.12. The first-order valence-electron chi connectivity index (χ1n) is 8.79. The van der Waals surface area contributed by atoms with E-state index in [1.54, 1.807) is 0 Å². The van der Waals surface area contributed by atoms with Crippen molar-refractivity contribution in [2.45, 2.75) is 19.1 Å². The molecule has 0 saturated heterocycles. The fourth-order valence-electron chi connectivity index (χ4n) is 3.04. The summed E-state index contributed by atoms with van der Waals surface area (Å²) in [7, 11) is 0. The molecule has 8 nitrogen and oxygen atoms in total. The Labute approximate surface area is 170 Å². The van der Waals surface area contributed by atoms with E-state index in [1.165, 1.54) is 27.3 Å². The SMILES string of the molecule is O=C(C(O)CO)N1CC=C(c2c(F)cc(-n3cc(CNC=S)nn3)cc2F)CC1.